The van der Waals surface area contributed by atoms with E-state index in [1.807, 2.05) is 13.0 Å². The molecule has 0 saturated heterocycles. The first-order chi connectivity index (χ1) is 11.1. The molecule has 2 aromatic heterocycles. The molecule has 1 aromatic carbocycles. The monoisotopic (exact) mass is 343 g/mol. The van der Waals surface area contributed by atoms with Crippen LogP contribution in [0.15, 0.2) is 18.2 Å². The molecule has 1 fully saturated rings. The van der Waals surface area contributed by atoms with E-state index in [0.717, 1.165) is 33.9 Å². The number of anilines is 1. The molecular weight excluding hydrogens is 326 g/mol. The summed E-state index contributed by atoms with van der Waals surface area (Å²) in [6, 6.07) is 6.31. The number of nitrogens with one attached hydrogen (secondary N) is 1. The van der Waals surface area contributed by atoms with E-state index in [1.54, 1.807) is 22.9 Å². The van der Waals surface area contributed by atoms with Gasteiger partial charge in [-0.15, -0.1) is 0 Å². The normalized spacial score (nSPS) is 14.3. The van der Waals surface area contributed by atoms with Gasteiger partial charge in [0.15, 0.2) is 10.9 Å². The van der Waals surface area contributed by atoms with Gasteiger partial charge in [0.05, 0.1) is 27.3 Å². The molecule has 1 aliphatic rings. The molecule has 0 atom stereocenters. The minimum atomic E-state index is 0.293. The SMILES string of the molecule is Cc1nsc(-c2ccc3nc(NCC(=O)C4CC4)sc3c2)c1C. The summed E-state index contributed by atoms with van der Waals surface area (Å²) in [5, 5.41) is 4.00. The summed E-state index contributed by atoms with van der Waals surface area (Å²) in [6.07, 6.45) is 2.11. The van der Waals surface area contributed by atoms with Crippen molar-refractivity contribution in [2.24, 2.45) is 5.92 Å². The number of benzene rings is 1. The summed E-state index contributed by atoms with van der Waals surface area (Å²) in [6.45, 7) is 4.55. The first-order valence-electron chi connectivity index (χ1n) is 7.72. The number of ketones is 1. The second-order valence-electron chi connectivity index (χ2n) is 6.02. The minimum absolute atomic E-state index is 0.293. The fourth-order valence-corrected chi connectivity index (χ4v) is 4.32. The molecule has 2 heterocycles. The summed E-state index contributed by atoms with van der Waals surface area (Å²) < 4.78 is 5.56. The zero-order valence-corrected chi connectivity index (χ0v) is 14.7. The summed E-state index contributed by atoms with van der Waals surface area (Å²) in [4.78, 5) is 17.6. The molecule has 1 saturated carbocycles. The van der Waals surface area contributed by atoms with Crippen molar-refractivity contribution < 1.29 is 4.79 Å². The van der Waals surface area contributed by atoms with Crippen LogP contribution in [0.1, 0.15) is 24.1 Å². The van der Waals surface area contributed by atoms with Crippen molar-refractivity contribution >= 4 is 44.0 Å². The van der Waals surface area contributed by atoms with Crippen LogP contribution in [0.5, 0.6) is 0 Å². The molecule has 4 rings (SSSR count). The highest BCUT2D eigenvalue weighted by molar-refractivity contribution is 7.22. The predicted octanol–water partition coefficient (Wildman–Crippen LogP) is 4.43. The van der Waals surface area contributed by atoms with Gasteiger partial charge in [-0.25, -0.2) is 4.98 Å². The van der Waals surface area contributed by atoms with Crippen LogP contribution in [0.3, 0.4) is 0 Å². The van der Waals surface area contributed by atoms with Crippen molar-refractivity contribution in [3.05, 3.63) is 29.5 Å². The van der Waals surface area contributed by atoms with E-state index in [-0.39, 0.29) is 0 Å². The van der Waals surface area contributed by atoms with Crippen LogP contribution in [0.25, 0.3) is 20.7 Å². The van der Waals surface area contributed by atoms with Crippen LogP contribution in [0.4, 0.5) is 5.13 Å². The maximum Gasteiger partial charge on any atom is 0.184 e. The number of nitrogens with zero attached hydrogens (tertiary/aromatic N) is 2. The molecule has 0 unspecified atom stereocenters. The summed E-state index contributed by atoms with van der Waals surface area (Å²) in [5.41, 5.74) is 4.49. The Hall–Kier alpha value is -1.79. The quantitative estimate of drug-likeness (QED) is 0.745. The third-order valence-corrected chi connectivity index (χ3v) is 6.32. The van der Waals surface area contributed by atoms with Gasteiger partial charge in [-0.1, -0.05) is 17.4 Å². The molecule has 0 radical (unpaired) electrons. The number of hydrogen-bond donors (Lipinski definition) is 1. The lowest BCUT2D eigenvalue weighted by Gasteiger charge is -1.99. The number of carbonyl (C=O) groups is 1. The van der Waals surface area contributed by atoms with Crippen LogP contribution < -0.4 is 5.32 Å². The van der Waals surface area contributed by atoms with Crippen LogP contribution in [-0.4, -0.2) is 21.7 Å². The Morgan fingerprint density at radius 3 is 2.87 bits per heavy atom. The van der Waals surface area contributed by atoms with Gasteiger partial charge < -0.3 is 5.32 Å². The van der Waals surface area contributed by atoms with E-state index >= 15 is 0 Å². The zero-order chi connectivity index (χ0) is 16.0. The number of carbonyl (C=O) groups excluding carboxylic acids is 1. The average Bonchev–Trinajstić information content (AvgIpc) is 3.24. The van der Waals surface area contributed by atoms with Crippen molar-refractivity contribution in [3.8, 4) is 10.4 Å². The van der Waals surface area contributed by atoms with Crippen LogP contribution in [-0.2, 0) is 4.79 Å². The van der Waals surface area contributed by atoms with Gasteiger partial charge in [0.2, 0.25) is 0 Å². The number of hydrogen-bond acceptors (Lipinski definition) is 6. The van der Waals surface area contributed by atoms with Gasteiger partial charge in [-0.05, 0) is 61.5 Å². The van der Waals surface area contributed by atoms with Gasteiger partial charge in [-0.3, -0.25) is 4.79 Å². The predicted molar refractivity (Wildman–Crippen MR) is 96.4 cm³/mol. The second-order valence-corrected chi connectivity index (χ2v) is 7.82. The number of rotatable bonds is 5. The second kappa shape index (κ2) is 5.69. The maximum absolute atomic E-state index is 11.8. The van der Waals surface area contributed by atoms with Gasteiger partial charge >= 0.3 is 0 Å². The van der Waals surface area contributed by atoms with Crippen molar-refractivity contribution in [1.29, 1.82) is 0 Å². The molecule has 3 aromatic rings. The van der Waals surface area contributed by atoms with Crippen LogP contribution in [0, 0.1) is 19.8 Å². The Kier molecular flexibility index (Phi) is 3.66. The first-order valence-corrected chi connectivity index (χ1v) is 9.31. The zero-order valence-electron chi connectivity index (χ0n) is 13.0. The molecule has 1 N–H and O–H groups in total. The lowest BCUT2D eigenvalue weighted by Crippen LogP contribution is -2.14. The van der Waals surface area contributed by atoms with Gasteiger partial charge in [0.1, 0.15) is 0 Å². The molecule has 0 spiro atoms. The number of Topliss-reactive ketones (excluding diaryl/α,β-unsaturated/α-hetero) is 1. The summed E-state index contributed by atoms with van der Waals surface area (Å²) >= 11 is 3.15. The first kappa shape index (κ1) is 14.8. The lowest BCUT2D eigenvalue weighted by atomic mass is 10.1. The third kappa shape index (κ3) is 2.88. The molecule has 0 amide bonds. The highest BCUT2D eigenvalue weighted by Crippen LogP contribution is 2.35. The van der Waals surface area contributed by atoms with Crippen LogP contribution >= 0.6 is 22.9 Å². The lowest BCUT2D eigenvalue weighted by molar-refractivity contribution is -0.118. The van der Waals surface area contributed by atoms with Gasteiger partial charge in [0, 0.05) is 5.92 Å². The smallest absolute Gasteiger partial charge is 0.184 e. The molecule has 6 heteroatoms. The molecule has 0 aliphatic heterocycles. The maximum atomic E-state index is 11.8. The molecule has 4 nitrogen and oxygen atoms in total. The average molecular weight is 343 g/mol. The van der Waals surface area contributed by atoms with Gasteiger partial charge in [-0.2, -0.15) is 4.37 Å². The number of aromatic nitrogens is 2. The third-order valence-electron chi connectivity index (χ3n) is 4.25. The molecule has 118 valence electrons. The Bertz CT molecular complexity index is 893. The number of thiazole rings is 1. The highest BCUT2D eigenvalue weighted by atomic mass is 32.1. The van der Waals surface area contributed by atoms with E-state index in [1.165, 1.54) is 16.0 Å². The molecule has 23 heavy (non-hydrogen) atoms. The van der Waals surface area contributed by atoms with Crippen molar-refractivity contribution in [1.82, 2.24) is 9.36 Å². The van der Waals surface area contributed by atoms with E-state index in [0.29, 0.717) is 18.2 Å². The van der Waals surface area contributed by atoms with E-state index in [2.05, 4.69) is 33.7 Å². The van der Waals surface area contributed by atoms with Crippen molar-refractivity contribution in [2.75, 3.05) is 11.9 Å². The van der Waals surface area contributed by atoms with E-state index in [4.69, 9.17) is 0 Å². The Morgan fingerprint density at radius 1 is 1.35 bits per heavy atom. The Balaban J connectivity index is 1.59. The molecule has 1 aliphatic carbocycles. The standard InChI is InChI=1S/C17H17N3OS2/c1-9-10(2)20-23-16(9)12-5-6-13-15(7-12)22-17(19-13)18-8-14(21)11-3-4-11/h5-7,11H,3-4,8H2,1-2H3,(H,18,19). The minimum Gasteiger partial charge on any atom is -0.354 e. The summed E-state index contributed by atoms with van der Waals surface area (Å²) in [7, 11) is 0. The van der Waals surface area contributed by atoms with E-state index in [9.17, 15) is 4.79 Å². The van der Waals surface area contributed by atoms with Crippen LogP contribution in [0.2, 0.25) is 0 Å². The Morgan fingerprint density at radius 2 is 2.17 bits per heavy atom. The number of aryl methyl sites for hydroxylation is 1. The van der Waals surface area contributed by atoms with Gasteiger partial charge in [0.25, 0.3) is 0 Å². The molecule has 0 bridgehead atoms. The Labute approximate surface area is 142 Å². The number of fused-ring (bicyclic) bond motifs is 1. The fourth-order valence-electron chi connectivity index (χ4n) is 2.54. The fraction of sp³-hybridized carbons (Fsp3) is 0.353. The van der Waals surface area contributed by atoms with Crippen molar-refractivity contribution in [3.63, 3.8) is 0 Å². The summed E-state index contributed by atoms with van der Waals surface area (Å²) in [5.74, 6) is 0.599. The van der Waals surface area contributed by atoms with E-state index < -0.39 is 0 Å². The topological polar surface area (TPSA) is 54.9 Å². The molecular formula is C17H17N3OS2. The largest absolute Gasteiger partial charge is 0.354 e. The highest BCUT2D eigenvalue weighted by Gasteiger charge is 2.29. The van der Waals surface area contributed by atoms with Crippen molar-refractivity contribution in [2.45, 2.75) is 26.7 Å².